The van der Waals surface area contributed by atoms with Crippen LogP contribution in [-0.4, -0.2) is 11.0 Å². The van der Waals surface area contributed by atoms with E-state index in [1.165, 1.54) is 0 Å². The van der Waals surface area contributed by atoms with Crippen molar-refractivity contribution >= 4 is 11.4 Å². The Bertz CT molecular complexity index is 564. The zero-order valence-corrected chi connectivity index (χ0v) is 10.9. The summed E-state index contributed by atoms with van der Waals surface area (Å²) in [6.07, 6.45) is 2.30. The fourth-order valence-electron chi connectivity index (χ4n) is 1.96. The summed E-state index contributed by atoms with van der Waals surface area (Å²) in [5, 5.41) is 14.2. The van der Waals surface area contributed by atoms with Gasteiger partial charge in [-0.15, -0.1) is 0 Å². The van der Waals surface area contributed by atoms with E-state index in [0.29, 0.717) is 12.1 Å². The average molecular weight is 260 g/mol. The second kappa shape index (κ2) is 5.56. The summed E-state index contributed by atoms with van der Waals surface area (Å²) in [5.41, 5.74) is 1.51. The van der Waals surface area contributed by atoms with Gasteiger partial charge in [0.25, 0.3) is 5.69 Å². The molecule has 1 N–H and O–H groups in total. The average Bonchev–Trinajstić information content (AvgIpc) is 2.83. The van der Waals surface area contributed by atoms with Crippen LogP contribution in [0.25, 0.3) is 0 Å². The van der Waals surface area contributed by atoms with Crippen molar-refractivity contribution in [2.24, 2.45) is 0 Å². The molecule has 1 aromatic carbocycles. The van der Waals surface area contributed by atoms with Crippen LogP contribution in [0.2, 0.25) is 0 Å². The quantitative estimate of drug-likeness (QED) is 0.659. The highest BCUT2D eigenvalue weighted by Crippen LogP contribution is 2.26. The molecule has 1 atom stereocenters. The Labute approximate surface area is 111 Å². The first-order valence-corrected chi connectivity index (χ1v) is 6.10. The van der Waals surface area contributed by atoms with Crippen molar-refractivity contribution in [1.29, 1.82) is 0 Å². The maximum absolute atomic E-state index is 11.0. The molecule has 100 valence electrons. The topological polar surface area (TPSA) is 68.3 Å². The zero-order valence-electron chi connectivity index (χ0n) is 10.9. The Morgan fingerprint density at radius 3 is 2.84 bits per heavy atom. The lowest BCUT2D eigenvalue weighted by atomic mass is 10.1. The van der Waals surface area contributed by atoms with Crippen molar-refractivity contribution in [2.45, 2.75) is 26.3 Å². The van der Waals surface area contributed by atoms with E-state index in [2.05, 4.69) is 5.32 Å². The van der Waals surface area contributed by atoms with Gasteiger partial charge in [-0.3, -0.25) is 10.1 Å². The van der Waals surface area contributed by atoms with Gasteiger partial charge < -0.3 is 9.73 Å². The number of nitro groups is 1. The number of nitrogens with zero attached hydrogens (tertiary/aromatic N) is 1. The van der Waals surface area contributed by atoms with Crippen LogP contribution in [0.1, 0.15) is 18.2 Å². The van der Waals surface area contributed by atoms with Crippen LogP contribution < -0.4 is 5.32 Å². The zero-order chi connectivity index (χ0) is 13.8. The number of benzene rings is 1. The molecule has 0 aliphatic heterocycles. The predicted molar refractivity (Wildman–Crippen MR) is 73.3 cm³/mol. The molecule has 0 saturated carbocycles. The fraction of sp³-hybridized carbons (Fsp3) is 0.286. The fourth-order valence-corrected chi connectivity index (χ4v) is 1.96. The molecule has 0 amide bonds. The number of furan rings is 1. The standard InChI is InChI=1S/C14H16N2O3/c1-10-5-6-13(14(8-10)16(17)18)15-11(2)9-12-4-3-7-19-12/h3-8,11,15H,9H2,1-2H3. The first kappa shape index (κ1) is 13.1. The molecule has 0 bridgehead atoms. The number of nitro benzene ring substituents is 1. The predicted octanol–water partition coefficient (Wildman–Crippen LogP) is 3.54. The van der Waals surface area contributed by atoms with Gasteiger partial charge >= 0.3 is 0 Å². The molecule has 0 aliphatic carbocycles. The Hall–Kier alpha value is -2.30. The number of nitrogens with one attached hydrogen (secondary N) is 1. The van der Waals surface area contributed by atoms with Crippen molar-refractivity contribution in [2.75, 3.05) is 5.32 Å². The monoisotopic (exact) mass is 260 g/mol. The number of hydrogen-bond donors (Lipinski definition) is 1. The third kappa shape index (κ3) is 3.34. The molecule has 0 aliphatic rings. The minimum atomic E-state index is -0.366. The van der Waals surface area contributed by atoms with Crippen LogP contribution in [0.15, 0.2) is 41.0 Å². The Balaban J connectivity index is 2.12. The highest BCUT2D eigenvalue weighted by Gasteiger charge is 2.16. The molecule has 1 unspecified atom stereocenters. The van der Waals surface area contributed by atoms with E-state index < -0.39 is 0 Å². The number of anilines is 1. The summed E-state index contributed by atoms with van der Waals surface area (Å²) < 4.78 is 5.26. The molecule has 0 fully saturated rings. The minimum Gasteiger partial charge on any atom is -0.469 e. The second-order valence-electron chi connectivity index (χ2n) is 4.61. The van der Waals surface area contributed by atoms with E-state index in [4.69, 9.17) is 4.42 Å². The number of hydrogen-bond acceptors (Lipinski definition) is 4. The van der Waals surface area contributed by atoms with E-state index >= 15 is 0 Å². The Morgan fingerprint density at radius 1 is 1.42 bits per heavy atom. The van der Waals surface area contributed by atoms with Gasteiger partial charge in [-0.25, -0.2) is 0 Å². The summed E-state index contributed by atoms with van der Waals surface area (Å²) in [7, 11) is 0. The van der Waals surface area contributed by atoms with E-state index in [0.717, 1.165) is 11.3 Å². The molecule has 0 spiro atoms. The minimum absolute atomic E-state index is 0.0487. The van der Waals surface area contributed by atoms with Crippen molar-refractivity contribution < 1.29 is 9.34 Å². The molecule has 2 rings (SSSR count). The molecular formula is C14H16N2O3. The summed E-state index contributed by atoms with van der Waals surface area (Å²) in [6, 6.07) is 8.94. The smallest absolute Gasteiger partial charge is 0.292 e. The highest BCUT2D eigenvalue weighted by atomic mass is 16.6. The third-order valence-corrected chi connectivity index (χ3v) is 2.84. The number of aryl methyl sites for hydroxylation is 1. The lowest BCUT2D eigenvalue weighted by Gasteiger charge is -2.14. The van der Waals surface area contributed by atoms with Crippen LogP contribution in [0, 0.1) is 17.0 Å². The van der Waals surface area contributed by atoms with Crippen LogP contribution in [0.5, 0.6) is 0 Å². The molecule has 1 heterocycles. The van der Waals surface area contributed by atoms with Gasteiger partial charge in [0.1, 0.15) is 11.4 Å². The van der Waals surface area contributed by atoms with Crippen LogP contribution in [0.3, 0.4) is 0 Å². The van der Waals surface area contributed by atoms with Crippen LogP contribution >= 0.6 is 0 Å². The maximum atomic E-state index is 11.0. The summed E-state index contributed by atoms with van der Waals surface area (Å²) >= 11 is 0. The van der Waals surface area contributed by atoms with Gasteiger partial charge in [0, 0.05) is 18.5 Å². The largest absolute Gasteiger partial charge is 0.469 e. The normalized spacial score (nSPS) is 12.1. The van der Waals surface area contributed by atoms with Crippen molar-refractivity contribution in [3.8, 4) is 0 Å². The lowest BCUT2D eigenvalue weighted by molar-refractivity contribution is -0.384. The van der Waals surface area contributed by atoms with Crippen LogP contribution in [-0.2, 0) is 6.42 Å². The van der Waals surface area contributed by atoms with Gasteiger partial charge in [0.2, 0.25) is 0 Å². The van der Waals surface area contributed by atoms with Gasteiger partial charge in [0.05, 0.1) is 11.2 Å². The summed E-state index contributed by atoms with van der Waals surface area (Å²) in [4.78, 5) is 10.7. The molecule has 5 heteroatoms. The van der Waals surface area contributed by atoms with E-state index in [9.17, 15) is 10.1 Å². The first-order chi connectivity index (χ1) is 9.06. The molecule has 5 nitrogen and oxygen atoms in total. The lowest BCUT2D eigenvalue weighted by Crippen LogP contribution is -2.18. The van der Waals surface area contributed by atoms with Crippen LogP contribution in [0.4, 0.5) is 11.4 Å². The number of rotatable bonds is 5. The summed E-state index contributed by atoms with van der Waals surface area (Å²) in [5.74, 6) is 0.856. The molecule has 19 heavy (non-hydrogen) atoms. The van der Waals surface area contributed by atoms with Crippen molar-refractivity contribution in [3.05, 3.63) is 58.0 Å². The Kier molecular flexibility index (Phi) is 3.85. The second-order valence-corrected chi connectivity index (χ2v) is 4.61. The van der Waals surface area contributed by atoms with Gasteiger partial charge in [-0.05, 0) is 37.6 Å². The third-order valence-electron chi connectivity index (χ3n) is 2.84. The molecule has 1 aromatic heterocycles. The van der Waals surface area contributed by atoms with Crippen molar-refractivity contribution in [1.82, 2.24) is 0 Å². The van der Waals surface area contributed by atoms with Crippen molar-refractivity contribution in [3.63, 3.8) is 0 Å². The SMILES string of the molecule is Cc1ccc(NC(C)Cc2ccco2)c([N+](=O)[O-])c1. The molecule has 0 saturated heterocycles. The van der Waals surface area contributed by atoms with E-state index in [1.54, 1.807) is 18.4 Å². The molecule has 0 radical (unpaired) electrons. The Morgan fingerprint density at radius 2 is 2.21 bits per heavy atom. The molecule has 2 aromatic rings. The summed E-state index contributed by atoms with van der Waals surface area (Å²) in [6.45, 7) is 3.80. The molecular weight excluding hydrogens is 244 g/mol. The van der Waals surface area contributed by atoms with Gasteiger partial charge in [-0.2, -0.15) is 0 Å². The van der Waals surface area contributed by atoms with E-state index in [-0.39, 0.29) is 16.7 Å². The first-order valence-electron chi connectivity index (χ1n) is 6.10. The maximum Gasteiger partial charge on any atom is 0.292 e. The highest BCUT2D eigenvalue weighted by molar-refractivity contribution is 5.62. The van der Waals surface area contributed by atoms with E-state index in [1.807, 2.05) is 32.0 Å². The van der Waals surface area contributed by atoms with Gasteiger partial charge in [0.15, 0.2) is 0 Å². The van der Waals surface area contributed by atoms with Gasteiger partial charge in [-0.1, -0.05) is 6.07 Å².